The van der Waals surface area contributed by atoms with Crippen molar-refractivity contribution in [2.75, 3.05) is 13.2 Å². The van der Waals surface area contributed by atoms with E-state index >= 15 is 0 Å². The first-order chi connectivity index (χ1) is 10.2. The number of rotatable bonds is 3. The number of aliphatic hydroxyl groups is 1. The Bertz CT molecular complexity index is 599. The van der Waals surface area contributed by atoms with E-state index in [0.717, 1.165) is 24.0 Å². The van der Waals surface area contributed by atoms with Crippen molar-refractivity contribution in [3.05, 3.63) is 76.5 Å². The van der Waals surface area contributed by atoms with E-state index in [1.165, 1.54) is 5.56 Å². The normalized spacial score (nSPS) is 23.1. The van der Waals surface area contributed by atoms with Crippen LogP contribution in [0.3, 0.4) is 0 Å². The second kappa shape index (κ2) is 5.98. The minimum Gasteiger partial charge on any atom is -0.632 e. The first kappa shape index (κ1) is 14.3. The Morgan fingerprint density at radius 2 is 1.67 bits per heavy atom. The van der Waals surface area contributed by atoms with Gasteiger partial charge in [0.1, 0.15) is 12.6 Å². The van der Waals surface area contributed by atoms with Gasteiger partial charge in [0.2, 0.25) is 0 Å². The van der Waals surface area contributed by atoms with E-state index in [-0.39, 0.29) is 11.3 Å². The van der Waals surface area contributed by atoms with Crippen LogP contribution in [-0.2, 0) is 13.0 Å². The quantitative estimate of drug-likeness (QED) is 0.694. The predicted molar refractivity (Wildman–Crippen MR) is 83.2 cm³/mol. The number of hydrogen-bond acceptors (Lipinski definition) is 2. The van der Waals surface area contributed by atoms with Crippen molar-refractivity contribution in [1.29, 1.82) is 0 Å². The molecule has 3 nitrogen and oxygen atoms in total. The fraction of sp³-hybridized carbons (Fsp3) is 0.333. The highest BCUT2D eigenvalue weighted by Gasteiger charge is 2.32. The van der Waals surface area contributed by atoms with Crippen molar-refractivity contribution in [2.24, 2.45) is 0 Å². The van der Waals surface area contributed by atoms with E-state index in [1.807, 2.05) is 48.5 Å². The van der Waals surface area contributed by atoms with Crippen molar-refractivity contribution < 1.29 is 9.75 Å². The van der Waals surface area contributed by atoms with E-state index in [9.17, 15) is 10.3 Å². The van der Waals surface area contributed by atoms with Gasteiger partial charge in [0, 0.05) is 17.5 Å². The van der Waals surface area contributed by atoms with Crippen LogP contribution in [0.2, 0.25) is 0 Å². The van der Waals surface area contributed by atoms with Crippen LogP contribution in [-0.4, -0.2) is 22.9 Å². The van der Waals surface area contributed by atoms with Crippen LogP contribution >= 0.6 is 0 Å². The summed E-state index contributed by atoms with van der Waals surface area (Å²) in [6, 6.07) is 17.4. The van der Waals surface area contributed by atoms with Gasteiger partial charge in [-0.25, -0.2) is 0 Å². The zero-order valence-corrected chi connectivity index (χ0v) is 12.1. The van der Waals surface area contributed by atoms with Gasteiger partial charge in [-0.05, 0) is 12.0 Å². The SMILES string of the molecule is [O-][N+]1([C@H](CO)c2ccccc2)CCCc2ccccc2C1. The lowest BCUT2D eigenvalue weighted by Gasteiger charge is -2.48. The highest BCUT2D eigenvalue weighted by atomic mass is 16.5. The standard InChI is InChI=1S/C18H21NO2/c20-14-18(16-8-2-1-3-9-16)19(21)12-6-11-15-7-4-5-10-17(15)13-19/h1-5,7-10,18,20H,6,11-14H2/t18-,19?/m1/s1. The van der Waals surface area contributed by atoms with Crippen molar-refractivity contribution in [3.63, 3.8) is 0 Å². The number of quaternary nitrogens is 1. The molecular formula is C18H21NO2. The number of aliphatic hydroxyl groups excluding tert-OH is 1. The molecular weight excluding hydrogens is 262 g/mol. The summed E-state index contributed by atoms with van der Waals surface area (Å²) in [5.41, 5.74) is 3.33. The summed E-state index contributed by atoms with van der Waals surface area (Å²) >= 11 is 0. The molecule has 1 unspecified atom stereocenters. The maximum absolute atomic E-state index is 13.4. The Balaban J connectivity index is 1.95. The number of hydrogen-bond donors (Lipinski definition) is 1. The summed E-state index contributed by atoms with van der Waals surface area (Å²) in [5.74, 6) is 0. The first-order valence-electron chi connectivity index (χ1n) is 7.53. The van der Waals surface area contributed by atoms with E-state index in [4.69, 9.17) is 0 Å². The van der Waals surface area contributed by atoms with Gasteiger partial charge in [0.05, 0.1) is 13.2 Å². The highest BCUT2D eigenvalue weighted by molar-refractivity contribution is 5.27. The van der Waals surface area contributed by atoms with E-state index in [1.54, 1.807) is 0 Å². The summed E-state index contributed by atoms with van der Waals surface area (Å²) in [4.78, 5) is 0. The van der Waals surface area contributed by atoms with E-state index in [2.05, 4.69) is 6.07 Å². The molecule has 3 rings (SSSR count). The molecule has 0 amide bonds. The van der Waals surface area contributed by atoms with E-state index in [0.29, 0.717) is 13.1 Å². The van der Waals surface area contributed by atoms with Crippen LogP contribution in [0.5, 0.6) is 0 Å². The molecule has 2 aromatic rings. The molecule has 0 fully saturated rings. The molecule has 3 heteroatoms. The second-order valence-corrected chi connectivity index (χ2v) is 5.82. The average molecular weight is 283 g/mol. The van der Waals surface area contributed by atoms with Crippen LogP contribution in [0, 0.1) is 5.21 Å². The van der Waals surface area contributed by atoms with Gasteiger partial charge in [0.15, 0.2) is 0 Å². The first-order valence-corrected chi connectivity index (χ1v) is 7.53. The monoisotopic (exact) mass is 283 g/mol. The fourth-order valence-corrected chi connectivity index (χ4v) is 3.33. The third kappa shape index (κ3) is 2.86. The average Bonchev–Trinajstić information content (AvgIpc) is 2.67. The van der Waals surface area contributed by atoms with Gasteiger partial charge in [-0.2, -0.15) is 0 Å². The van der Waals surface area contributed by atoms with Crippen LogP contribution in [0.15, 0.2) is 54.6 Å². The van der Waals surface area contributed by atoms with Crippen molar-refractivity contribution in [3.8, 4) is 0 Å². The van der Waals surface area contributed by atoms with Gasteiger partial charge >= 0.3 is 0 Å². The summed E-state index contributed by atoms with van der Waals surface area (Å²) < 4.78 is -0.364. The molecule has 2 atom stereocenters. The summed E-state index contributed by atoms with van der Waals surface area (Å²) in [6.07, 6.45) is 1.81. The Labute approximate surface area is 125 Å². The molecule has 110 valence electrons. The summed E-state index contributed by atoms with van der Waals surface area (Å²) in [5, 5.41) is 23.2. The lowest BCUT2D eigenvalue weighted by atomic mass is 10.0. The number of nitrogens with zero attached hydrogens (tertiary/aromatic N) is 1. The lowest BCUT2D eigenvalue weighted by molar-refractivity contribution is -0.924. The molecule has 21 heavy (non-hydrogen) atoms. The van der Waals surface area contributed by atoms with Crippen LogP contribution in [0.1, 0.15) is 29.2 Å². The van der Waals surface area contributed by atoms with Gasteiger partial charge < -0.3 is 15.0 Å². The molecule has 1 aliphatic rings. The summed E-state index contributed by atoms with van der Waals surface area (Å²) in [7, 11) is 0. The number of hydroxylamine groups is 3. The maximum atomic E-state index is 13.4. The summed E-state index contributed by atoms with van der Waals surface area (Å²) in [6.45, 7) is 0.876. The Hall–Kier alpha value is -1.68. The number of fused-ring (bicyclic) bond motifs is 1. The number of aryl methyl sites for hydroxylation is 1. The Kier molecular flexibility index (Phi) is 4.06. The lowest BCUT2D eigenvalue weighted by Crippen LogP contribution is -2.46. The van der Waals surface area contributed by atoms with Gasteiger partial charge in [-0.15, -0.1) is 0 Å². The largest absolute Gasteiger partial charge is 0.632 e. The molecule has 0 saturated carbocycles. The Morgan fingerprint density at radius 1 is 1.00 bits per heavy atom. The third-order valence-corrected chi connectivity index (χ3v) is 4.46. The fourth-order valence-electron chi connectivity index (χ4n) is 3.33. The molecule has 1 heterocycles. The number of benzene rings is 2. The molecule has 0 aliphatic carbocycles. The Morgan fingerprint density at radius 3 is 2.38 bits per heavy atom. The minimum absolute atomic E-state index is 0.115. The van der Waals surface area contributed by atoms with E-state index < -0.39 is 6.04 Å². The molecule has 0 saturated heterocycles. The van der Waals surface area contributed by atoms with Crippen molar-refractivity contribution >= 4 is 0 Å². The predicted octanol–water partition coefficient (Wildman–Crippen LogP) is 3.18. The van der Waals surface area contributed by atoms with Gasteiger partial charge in [-0.1, -0.05) is 54.6 Å². The smallest absolute Gasteiger partial charge is 0.138 e. The van der Waals surface area contributed by atoms with Crippen LogP contribution in [0.4, 0.5) is 0 Å². The van der Waals surface area contributed by atoms with Crippen molar-refractivity contribution in [2.45, 2.75) is 25.4 Å². The molecule has 0 spiro atoms. The van der Waals surface area contributed by atoms with Crippen LogP contribution in [0.25, 0.3) is 0 Å². The molecule has 0 radical (unpaired) electrons. The molecule has 1 aliphatic heterocycles. The zero-order valence-electron chi connectivity index (χ0n) is 12.1. The van der Waals surface area contributed by atoms with Crippen LogP contribution < -0.4 is 0 Å². The van der Waals surface area contributed by atoms with Gasteiger partial charge in [0.25, 0.3) is 0 Å². The molecule has 2 aromatic carbocycles. The minimum atomic E-state index is -0.405. The second-order valence-electron chi connectivity index (χ2n) is 5.82. The maximum Gasteiger partial charge on any atom is 0.138 e. The molecule has 0 bridgehead atoms. The van der Waals surface area contributed by atoms with Gasteiger partial charge in [-0.3, -0.25) is 0 Å². The third-order valence-electron chi connectivity index (χ3n) is 4.46. The molecule has 1 N–H and O–H groups in total. The van der Waals surface area contributed by atoms with Crippen molar-refractivity contribution in [1.82, 2.24) is 0 Å². The topological polar surface area (TPSA) is 43.3 Å². The highest BCUT2D eigenvalue weighted by Crippen LogP contribution is 2.33. The zero-order chi connectivity index (χ0) is 14.7. The molecule has 0 aromatic heterocycles.